The molecule has 3 N–H and O–H groups in total. The maximum atomic E-state index is 14.9. The largest absolute Gasteiger partial charge is 0.489 e. The first kappa shape index (κ1) is 21.5. The van der Waals surface area contributed by atoms with Crippen LogP contribution in [-0.2, 0) is 24.4 Å². The van der Waals surface area contributed by atoms with Gasteiger partial charge in [-0.2, -0.15) is 4.39 Å². The Balaban J connectivity index is 1.75. The third-order valence-electron chi connectivity index (χ3n) is 5.05. The average molecular weight is 438 g/mol. The second-order valence-corrected chi connectivity index (χ2v) is 7.41. The first-order valence-corrected chi connectivity index (χ1v) is 9.85. The van der Waals surface area contributed by atoms with Crippen LogP contribution >= 0.6 is 0 Å². The molecule has 0 aliphatic carbocycles. The summed E-state index contributed by atoms with van der Waals surface area (Å²) >= 11 is 0. The molecule has 0 fully saturated rings. The first-order valence-electron chi connectivity index (χ1n) is 9.85. The molecular weight excluding hydrogens is 418 g/mol. The lowest BCUT2D eigenvalue weighted by molar-refractivity contribution is -0.136. The number of halogens is 2. The Morgan fingerprint density at radius 2 is 1.97 bits per heavy atom. The Bertz CT molecular complexity index is 1320. The number of benzene rings is 2. The molecule has 4 aromatic rings. The molecule has 0 unspecified atom stereocenters. The summed E-state index contributed by atoms with van der Waals surface area (Å²) in [4.78, 5) is 15.1. The normalized spacial score (nSPS) is 11.1. The van der Waals surface area contributed by atoms with E-state index >= 15 is 0 Å². The number of furan rings is 1. The smallest absolute Gasteiger partial charge is 0.307 e. The summed E-state index contributed by atoms with van der Waals surface area (Å²) < 4.78 is 39.9. The molecule has 0 amide bonds. The molecule has 8 heteroatoms. The van der Waals surface area contributed by atoms with Gasteiger partial charge >= 0.3 is 5.97 Å². The summed E-state index contributed by atoms with van der Waals surface area (Å²) in [6, 6.07) is 10.5. The number of carboxylic acids is 1. The number of aryl methyl sites for hydroxylation is 1. The molecule has 0 aliphatic heterocycles. The number of aromatic nitrogens is 1. The number of hydrogen-bond donors (Lipinski definition) is 2. The molecular formula is C24H20F2N2O4. The zero-order valence-corrected chi connectivity index (χ0v) is 17.2. The van der Waals surface area contributed by atoms with E-state index in [2.05, 4.69) is 4.98 Å². The van der Waals surface area contributed by atoms with Crippen LogP contribution in [0.1, 0.15) is 22.4 Å². The lowest BCUT2D eigenvalue weighted by Crippen LogP contribution is -2.05. The highest BCUT2D eigenvalue weighted by atomic mass is 19.1. The second-order valence-electron chi connectivity index (χ2n) is 7.41. The highest BCUT2D eigenvalue weighted by molar-refractivity contribution is 5.93. The number of pyridine rings is 1. The predicted molar refractivity (Wildman–Crippen MR) is 114 cm³/mol. The fraction of sp³-hybridized carbons (Fsp3) is 0.167. The van der Waals surface area contributed by atoms with E-state index < -0.39 is 17.8 Å². The van der Waals surface area contributed by atoms with Crippen LogP contribution in [0.4, 0.5) is 8.78 Å². The van der Waals surface area contributed by atoms with Crippen molar-refractivity contribution in [1.29, 1.82) is 0 Å². The molecule has 0 spiro atoms. The van der Waals surface area contributed by atoms with Crippen molar-refractivity contribution in [2.24, 2.45) is 5.73 Å². The van der Waals surface area contributed by atoms with Crippen LogP contribution < -0.4 is 10.5 Å². The van der Waals surface area contributed by atoms with Crippen molar-refractivity contribution < 1.29 is 27.8 Å². The predicted octanol–water partition coefficient (Wildman–Crippen LogP) is 4.75. The zero-order chi connectivity index (χ0) is 22.8. The quantitative estimate of drug-likeness (QED) is 0.432. The highest BCUT2D eigenvalue weighted by Crippen LogP contribution is 2.34. The molecule has 0 aliphatic rings. The lowest BCUT2D eigenvalue weighted by atomic mass is 10.00. The third kappa shape index (κ3) is 4.31. The monoisotopic (exact) mass is 438 g/mol. The van der Waals surface area contributed by atoms with Gasteiger partial charge in [0.25, 0.3) is 6.01 Å². The maximum absolute atomic E-state index is 14.9. The number of nitrogens with zero attached hydrogens (tertiary/aromatic N) is 1. The minimum Gasteiger partial charge on any atom is -0.489 e. The number of nitrogens with two attached hydrogens (primary N) is 1. The SMILES string of the molecule is Cc1ccc(CC(=O)O)c(OCc2cc(-c3ccnc(CN)c3F)c3oc(F)cc3c2)c1. The van der Waals surface area contributed by atoms with Crippen molar-refractivity contribution in [1.82, 2.24) is 4.98 Å². The van der Waals surface area contributed by atoms with Crippen molar-refractivity contribution in [3.8, 4) is 16.9 Å². The molecule has 164 valence electrons. The standard InChI is InChI=1S/C24H20F2N2O4/c1-13-2-3-15(10-22(29)30)20(6-13)31-12-14-7-16-9-21(25)32-24(16)18(8-14)17-4-5-28-19(11-27)23(17)26/h2-9H,10-12,27H2,1H3,(H,29,30). The van der Waals surface area contributed by atoms with Crippen LogP contribution in [0.15, 0.2) is 53.1 Å². The lowest BCUT2D eigenvalue weighted by Gasteiger charge is -2.13. The van der Waals surface area contributed by atoms with E-state index in [1.807, 2.05) is 13.0 Å². The first-order chi connectivity index (χ1) is 15.4. The van der Waals surface area contributed by atoms with Crippen molar-refractivity contribution in [2.75, 3.05) is 0 Å². The molecule has 0 saturated heterocycles. The Hall–Kier alpha value is -3.78. The minimum atomic E-state index is -0.972. The summed E-state index contributed by atoms with van der Waals surface area (Å²) in [6.45, 7) is 1.84. The van der Waals surface area contributed by atoms with E-state index in [9.17, 15) is 13.6 Å². The number of rotatable bonds is 7. The summed E-state index contributed by atoms with van der Waals surface area (Å²) in [6.07, 6.45) is 1.25. The molecule has 4 rings (SSSR count). The Morgan fingerprint density at radius 1 is 1.16 bits per heavy atom. The van der Waals surface area contributed by atoms with Crippen molar-refractivity contribution >= 4 is 16.9 Å². The Labute approximate surface area is 182 Å². The fourth-order valence-corrected chi connectivity index (χ4v) is 3.57. The van der Waals surface area contributed by atoms with E-state index in [0.717, 1.165) is 5.56 Å². The summed E-state index contributed by atoms with van der Waals surface area (Å²) in [5.41, 5.74) is 8.45. The van der Waals surface area contributed by atoms with Crippen molar-refractivity contribution in [3.63, 3.8) is 0 Å². The van der Waals surface area contributed by atoms with Crippen molar-refractivity contribution in [2.45, 2.75) is 26.5 Å². The highest BCUT2D eigenvalue weighted by Gasteiger charge is 2.18. The van der Waals surface area contributed by atoms with E-state index in [1.54, 1.807) is 24.3 Å². The number of carboxylic acid groups (broad SMARTS) is 1. The summed E-state index contributed by atoms with van der Waals surface area (Å²) in [5, 5.41) is 9.59. The number of fused-ring (bicyclic) bond motifs is 1. The molecule has 2 heterocycles. The summed E-state index contributed by atoms with van der Waals surface area (Å²) in [5.74, 6) is -1.14. The van der Waals surface area contributed by atoms with Crippen molar-refractivity contribution in [3.05, 3.63) is 82.9 Å². The van der Waals surface area contributed by atoms with Crippen LogP contribution in [0.25, 0.3) is 22.1 Å². The van der Waals surface area contributed by atoms with Gasteiger partial charge in [-0.25, -0.2) is 4.39 Å². The zero-order valence-electron chi connectivity index (χ0n) is 17.2. The van der Waals surface area contributed by atoms with Gasteiger partial charge in [-0.15, -0.1) is 0 Å². The molecule has 2 aromatic carbocycles. The fourth-order valence-electron chi connectivity index (χ4n) is 3.57. The van der Waals surface area contributed by atoms with Gasteiger partial charge < -0.3 is 20.0 Å². The summed E-state index contributed by atoms with van der Waals surface area (Å²) in [7, 11) is 0. The van der Waals surface area contributed by atoms with E-state index in [-0.39, 0.29) is 36.4 Å². The minimum absolute atomic E-state index is 0.0578. The molecule has 0 bridgehead atoms. The van der Waals surface area contributed by atoms with Gasteiger partial charge in [-0.3, -0.25) is 9.78 Å². The van der Waals surface area contributed by atoms with Crippen LogP contribution in [-0.4, -0.2) is 16.1 Å². The number of carbonyl (C=O) groups is 1. The number of aliphatic carboxylic acids is 1. The molecule has 0 saturated carbocycles. The molecule has 6 nitrogen and oxygen atoms in total. The van der Waals surface area contributed by atoms with E-state index in [4.69, 9.17) is 20.0 Å². The second kappa shape index (κ2) is 8.76. The van der Waals surface area contributed by atoms with Gasteiger partial charge in [-0.1, -0.05) is 12.1 Å². The molecule has 0 radical (unpaired) electrons. The van der Waals surface area contributed by atoms with Gasteiger partial charge in [0.2, 0.25) is 0 Å². The van der Waals surface area contributed by atoms with Crippen LogP contribution in [0, 0.1) is 18.8 Å². The molecule has 0 atom stereocenters. The van der Waals surface area contributed by atoms with E-state index in [1.165, 1.54) is 18.3 Å². The van der Waals surface area contributed by atoms with Gasteiger partial charge in [0.1, 0.15) is 17.9 Å². The Kier molecular flexibility index (Phi) is 5.87. The maximum Gasteiger partial charge on any atom is 0.307 e. The van der Waals surface area contributed by atoms with Crippen LogP contribution in [0.3, 0.4) is 0 Å². The van der Waals surface area contributed by atoms with Gasteiger partial charge in [0.15, 0.2) is 5.82 Å². The van der Waals surface area contributed by atoms with Gasteiger partial charge in [-0.05, 0) is 42.3 Å². The number of ether oxygens (including phenoxy) is 1. The third-order valence-corrected chi connectivity index (χ3v) is 5.05. The topological polar surface area (TPSA) is 98.6 Å². The number of hydrogen-bond acceptors (Lipinski definition) is 5. The van der Waals surface area contributed by atoms with Gasteiger partial charge in [0.05, 0.1) is 12.1 Å². The van der Waals surface area contributed by atoms with Crippen LogP contribution in [0.2, 0.25) is 0 Å². The van der Waals surface area contributed by atoms with E-state index in [0.29, 0.717) is 27.8 Å². The molecule has 2 aromatic heterocycles. The average Bonchev–Trinajstić information content (AvgIpc) is 3.13. The van der Waals surface area contributed by atoms with Crippen LogP contribution in [0.5, 0.6) is 5.75 Å². The van der Waals surface area contributed by atoms with Gasteiger partial charge in [0, 0.05) is 40.9 Å². The Morgan fingerprint density at radius 3 is 2.72 bits per heavy atom. The molecule has 32 heavy (non-hydrogen) atoms.